The van der Waals surface area contributed by atoms with Crippen LogP contribution in [-0.2, 0) is 0 Å². The molecule has 0 unspecified atom stereocenters. The molecule has 0 amide bonds. The number of hydrogen-bond donors (Lipinski definition) is 0. The second kappa shape index (κ2) is 12.0. The molecule has 0 atom stereocenters. The van der Waals surface area contributed by atoms with Crippen LogP contribution in [0.1, 0.15) is 13.7 Å². The summed E-state index contributed by atoms with van der Waals surface area (Å²) < 4.78 is 89.1. The molecule has 0 saturated carbocycles. The lowest BCUT2D eigenvalue weighted by Gasteiger charge is -2.18. The second-order valence-electron chi connectivity index (χ2n) is 12.4. The van der Waals surface area contributed by atoms with Crippen LogP contribution in [0.3, 0.4) is 0 Å². The minimum Gasteiger partial charge on any atom is -0.292 e. The van der Waals surface area contributed by atoms with Crippen molar-refractivity contribution in [3.8, 4) is 50.5 Å². The Labute approximate surface area is 310 Å². The maximum Gasteiger partial charge on any atom is 0.145 e. The number of fused-ring (bicyclic) bond motifs is 4. The fourth-order valence-electron chi connectivity index (χ4n) is 7.26. The Morgan fingerprint density at radius 1 is 0.412 bits per heavy atom. The Hall–Kier alpha value is -6.77. The Morgan fingerprint density at radius 2 is 0.980 bits per heavy atom. The zero-order chi connectivity index (χ0) is 42.4. The highest BCUT2D eigenvalue weighted by molar-refractivity contribution is 6.22. The van der Waals surface area contributed by atoms with Crippen molar-refractivity contribution in [3.05, 3.63) is 194 Å². The van der Waals surface area contributed by atoms with Crippen LogP contribution >= 0.6 is 0 Å². The number of nitrogens with zero attached hydrogens (tertiary/aromatic N) is 2. The van der Waals surface area contributed by atoms with Crippen molar-refractivity contribution in [1.82, 2.24) is 9.55 Å². The van der Waals surface area contributed by atoms with Gasteiger partial charge in [-0.15, -0.1) is 0 Å². The van der Waals surface area contributed by atoms with Gasteiger partial charge in [-0.25, -0.2) is 4.98 Å². The molecule has 10 aromatic rings. The normalized spacial score (nSPS) is 14.3. The molecular formula is C49H32N2. The zero-order valence-electron chi connectivity index (χ0n) is 37.1. The van der Waals surface area contributed by atoms with Crippen molar-refractivity contribution in [2.45, 2.75) is 0 Å². The average molecular weight is 659 g/mol. The first kappa shape index (κ1) is 20.7. The second-order valence-corrected chi connectivity index (χ2v) is 12.4. The number of benzene rings is 9. The van der Waals surface area contributed by atoms with Gasteiger partial charge in [-0.1, -0.05) is 164 Å². The van der Waals surface area contributed by atoms with Crippen LogP contribution in [-0.4, -0.2) is 9.55 Å². The number of aromatic nitrogens is 2. The zero-order valence-corrected chi connectivity index (χ0v) is 27.1. The summed E-state index contributed by atoms with van der Waals surface area (Å²) in [5, 5.41) is 4.22. The summed E-state index contributed by atoms with van der Waals surface area (Å²) in [4.78, 5) is 5.08. The molecular weight excluding hydrogens is 617 g/mol. The Bertz CT molecular complexity index is 3430. The van der Waals surface area contributed by atoms with E-state index in [4.69, 9.17) is 18.7 Å². The number of para-hydroxylation sites is 2. The van der Waals surface area contributed by atoms with Crippen LogP contribution in [0.5, 0.6) is 0 Å². The predicted molar refractivity (Wildman–Crippen MR) is 215 cm³/mol. The quantitative estimate of drug-likeness (QED) is 0.168. The van der Waals surface area contributed by atoms with E-state index >= 15 is 0 Å². The molecule has 10 rings (SSSR count). The number of imidazole rings is 1. The van der Waals surface area contributed by atoms with Gasteiger partial charge in [0.1, 0.15) is 5.82 Å². The van der Waals surface area contributed by atoms with Gasteiger partial charge in [0.05, 0.1) is 24.7 Å². The smallest absolute Gasteiger partial charge is 0.145 e. The molecule has 0 aliphatic carbocycles. The van der Waals surface area contributed by atoms with E-state index in [1.165, 1.54) is 0 Å². The third kappa shape index (κ3) is 4.92. The molecule has 0 N–H and O–H groups in total. The van der Waals surface area contributed by atoms with Crippen LogP contribution in [0, 0.1) is 0 Å². The molecule has 238 valence electrons. The minimum absolute atomic E-state index is 0.0000906. The molecule has 0 aliphatic rings. The van der Waals surface area contributed by atoms with Gasteiger partial charge in [-0.05, 0) is 96.0 Å². The standard InChI is InChI=1S/C49H32N2/c1-3-14-35(15-4-1)47-41-19-9-10-20-42(41)48(36-16-5-2-6-17-36)44-32-39(28-30-43(44)47)34-23-25-37(26-24-34)49-50-45-21-11-12-22-46(45)51(49)40-29-27-33-13-7-8-18-38(33)31-40/h1-32H/i1D,2D,3D,4D,5D,6D,14D,15D,16D,17D. The minimum atomic E-state index is -0.516. The molecule has 2 heteroatoms. The van der Waals surface area contributed by atoms with Gasteiger partial charge >= 0.3 is 0 Å². The monoisotopic (exact) mass is 658 g/mol. The molecule has 1 aromatic heterocycles. The maximum atomic E-state index is 9.06. The van der Waals surface area contributed by atoms with Gasteiger partial charge in [-0.2, -0.15) is 0 Å². The van der Waals surface area contributed by atoms with E-state index < -0.39 is 36.3 Å². The van der Waals surface area contributed by atoms with Gasteiger partial charge < -0.3 is 0 Å². The third-order valence-corrected chi connectivity index (χ3v) is 9.55. The molecule has 0 radical (unpaired) electrons. The summed E-state index contributed by atoms with van der Waals surface area (Å²) in [5.41, 5.74) is 6.01. The topological polar surface area (TPSA) is 17.8 Å². The number of rotatable bonds is 5. The van der Waals surface area contributed by atoms with Gasteiger partial charge in [0, 0.05) is 11.3 Å². The van der Waals surface area contributed by atoms with Crippen molar-refractivity contribution >= 4 is 43.4 Å². The van der Waals surface area contributed by atoms with E-state index in [2.05, 4.69) is 41.0 Å². The molecule has 0 bridgehead atoms. The average Bonchev–Trinajstić information content (AvgIpc) is 3.69. The van der Waals surface area contributed by atoms with Crippen LogP contribution in [0.15, 0.2) is 194 Å². The lowest BCUT2D eigenvalue weighted by molar-refractivity contribution is 1.11. The number of hydrogen-bond acceptors (Lipinski definition) is 1. The van der Waals surface area contributed by atoms with Gasteiger partial charge in [-0.3, -0.25) is 4.57 Å². The molecule has 1 heterocycles. The van der Waals surface area contributed by atoms with E-state index in [0.717, 1.165) is 50.0 Å². The first-order chi connectivity index (χ1) is 29.4. The van der Waals surface area contributed by atoms with Crippen molar-refractivity contribution in [2.24, 2.45) is 0 Å². The molecule has 0 saturated heterocycles. The predicted octanol–water partition coefficient (Wildman–Crippen LogP) is 13.2. The summed E-state index contributed by atoms with van der Waals surface area (Å²) in [6.45, 7) is 0. The molecule has 0 fully saturated rings. The van der Waals surface area contributed by atoms with Crippen molar-refractivity contribution in [1.29, 1.82) is 0 Å². The van der Waals surface area contributed by atoms with Crippen molar-refractivity contribution in [2.75, 3.05) is 0 Å². The lowest BCUT2D eigenvalue weighted by atomic mass is 9.85. The van der Waals surface area contributed by atoms with Crippen molar-refractivity contribution < 1.29 is 13.7 Å². The summed E-state index contributed by atoms with van der Waals surface area (Å²) in [5.74, 6) is 0.764. The molecule has 51 heavy (non-hydrogen) atoms. The first-order valence-electron chi connectivity index (χ1n) is 21.6. The summed E-state index contributed by atoms with van der Waals surface area (Å²) in [6.07, 6.45) is 0. The van der Waals surface area contributed by atoms with Crippen LogP contribution in [0.2, 0.25) is 0 Å². The fraction of sp³-hybridized carbons (Fsp3) is 0. The highest BCUT2D eigenvalue weighted by Gasteiger charge is 2.18. The van der Waals surface area contributed by atoms with Gasteiger partial charge in [0.15, 0.2) is 0 Å². The van der Waals surface area contributed by atoms with E-state index in [1.807, 2.05) is 72.8 Å². The highest BCUT2D eigenvalue weighted by atomic mass is 15.1. The van der Waals surface area contributed by atoms with E-state index in [1.54, 1.807) is 24.3 Å². The van der Waals surface area contributed by atoms with E-state index in [0.29, 0.717) is 32.7 Å². The SMILES string of the molecule is [2H]c1c([2H])c([2H])c(-c2c3ccccc3c(-c3c([2H])c([2H])c([2H])c([2H])c3[2H])c3cc(-c4ccc(-c5nc6ccccc6n5-c5ccc6ccccc6c5)cc4)ccc23)c([2H])c1[2H]. The molecule has 0 spiro atoms. The molecule has 0 aliphatic heterocycles. The summed E-state index contributed by atoms with van der Waals surface area (Å²) >= 11 is 0. The van der Waals surface area contributed by atoms with Crippen LogP contribution < -0.4 is 0 Å². The summed E-state index contributed by atoms with van der Waals surface area (Å²) in [6, 6.07) is 38.8. The highest BCUT2D eigenvalue weighted by Crippen LogP contribution is 2.45. The lowest BCUT2D eigenvalue weighted by Crippen LogP contribution is -1.97. The fourth-order valence-corrected chi connectivity index (χ4v) is 7.26. The first-order valence-corrected chi connectivity index (χ1v) is 16.6. The van der Waals surface area contributed by atoms with E-state index in [9.17, 15) is 0 Å². The third-order valence-electron chi connectivity index (χ3n) is 9.55. The Kier molecular flexibility index (Phi) is 4.86. The largest absolute Gasteiger partial charge is 0.292 e. The Balaban J connectivity index is 1.22. The molecule has 9 aromatic carbocycles. The van der Waals surface area contributed by atoms with Crippen LogP contribution in [0.25, 0.3) is 93.8 Å². The van der Waals surface area contributed by atoms with Crippen molar-refractivity contribution in [3.63, 3.8) is 0 Å². The van der Waals surface area contributed by atoms with Crippen LogP contribution in [0.4, 0.5) is 0 Å². The van der Waals surface area contributed by atoms with E-state index in [-0.39, 0.29) is 35.3 Å². The van der Waals surface area contributed by atoms with Gasteiger partial charge in [0.2, 0.25) is 0 Å². The molecule has 2 nitrogen and oxygen atoms in total. The summed E-state index contributed by atoms with van der Waals surface area (Å²) in [7, 11) is 0. The maximum absolute atomic E-state index is 9.06. The van der Waals surface area contributed by atoms with Gasteiger partial charge in [0.25, 0.3) is 0 Å². The Morgan fingerprint density at radius 3 is 1.71 bits per heavy atom.